The van der Waals surface area contributed by atoms with Crippen LogP contribution >= 0.6 is 0 Å². The van der Waals surface area contributed by atoms with E-state index < -0.39 is 24.3 Å². The number of esters is 1. The number of nitrogens with zero attached hydrogens (tertiary/aromatic N) is 1. The van der Waals surface area contributed by atoms with E-state index in [2.05, 4.69) is 0 Å². The molecule has 0 heterocycles. The summed E-state index contributed by atoms with van der Waals surface area (Å²) in [6.07, 6.45) is -0.149. The van der Waals surface area contributed by atoms with Crippen LogP contribution in [0.4, 0.5) is 0 Å². The molecule has 0 aliphatic carbocycles. The van der Waals surface area contributed by atoms with E-state index >= 15 is 0 Å². The van der Waals surface area contributed by atoms with E-state index in [1.54, 1.807) is 36.4 Å². The lowest BCUT2D eigenvalue weighted by molar-refractivity contribution is -0.148. The second-order valence-electron chi connectivity index (χ2n) is 4.66. The van der Waals surface area contributed by atoms with Crippen LogP contribution in [-0.4, -0.2) is 29.9 Å². The Morgan fingerprint density at radius 3 is 2.41 bits per heavy atom. The van der Waals surface area contributed by atoms with Crippen LogP contribution in [0.5, 0.6) is 0 Å². The molecule has 6 heteroatoms. The second-order valence-corrected chi connectivity index (χ2v) is 4.66. The molecule has 0 spiro atoms. The molecule has 114 valence electrons. The summed E-state index contributed by atoms with van der Waals surface area (Å²) in [7, 11) is 0. The SMILES string of the molecule is CC(=N)C(C#N)C(=O)COC(=O)CCC(=O)c1ccccc1. The number of nitrogens with one attached hydrogen (secondary N) is 1. The van der Waals surface area contributed by atoms with E-state index in [9.17, 15) is 14.4 Å². The minimum absolute atomic E-state index is 0.0116. The van der Waals surface area contributed by atoms with Crippen molar-refractivity contribution < 1.29 is 19.1 Å². The first-order chi connectivity index (χ1) is 10.5. The fourth-order valence-electron chi connectivity index (χ4n) is 1.70. The van der Waals surface area contributed by atoms with Gasteiger partial charge in [-0.05, 0) is 6.92 Å². The summed E-state index contributed by atoms with van der Waals surface area (Å²) in [5.41, 5.74) is 0.415. The number of hydrogen-bond donors (Lipinski definition) is 1. The quantitative estimate of drug-likeness (QED) is 0.448. The molecule has 1 aromatic rings. The van der Waals surface area contributed by atoms with Crippen LogP contribution < -0.4 is 0 Å². The van der Waals surface area contributed by atoms with Crippen LogP contribution in [0.15, 0.2) is 30.3 Å². The van der Waals surface area contributed by atoms with Gasteiger partial charge in [-0.3, -0.25) is 14.4 Å². The van der Waals surface area contributed by atoms with Crippen LogP contribution in [0.25, 0.3) is 0 Å². The highest BCUT2D eigenvalue weighted by Crippen LogP contribution is 2.06. The molecule has 1 atom stereocenters. The van der Waals surface area contributed by atoms with Gasteiger partial charge in [-0.15, -0.1) is 0 Å². The molecule has 1 unspecified atom stereocenters. The largest absolute Gasteiger partial charge is 0.458 e. The van der Waals surface area contributed by atoms with Crippen molar-refractivity contribution >= 4 is 23.2 Å². The van der Waals surface area contributed by atoms with Gasteiger partial charge in [0.1, 0.15) is 5.92 Å². The predicted molar refractivity (Wildman–Crippen MR) is 78.5 cm³/mol. The summed E-state index contributed by atoms with van der Waals surface area (Å²) in [6.45, 7) is 0.777. The predicted octanol–water partition coefficient (Wildman–Crippen LogP) is 1.94. The molecule has 0 aromatic heterocycles. The topological polar surface area (TPSA) is 108 Å². The van der Waals surface area contributed by atoms with Gasteiger partial charge >= 0.3 is 5.97 Å². The maximum absolute atomic E-state index is 11.8. The van der Waals surface area contributed by atoms with E-state index in [-0.39, 0.29) is 24.3 Å². The maximum atomic E-state index is 11.8. The first-order valence-corrected chi connectivity index (χ1v) is 6.67. The first-order valence-electron chi connectivity index (χ1n) is 6.67. The summed E-state index contributed by atoms with van der Waals surface area (Å²) in [5.74, 6) is -2.71. The van der Waals surface area contributed by atoms with Crippen LogP contribution in [0.1, 0.15) is 30.1 Å². The van der Waals surface area contributed by atoms with Gasteiger partial charge in [0, 0.05) is 17.7 Å². The van der Waals surface area contributed by atoms with Crippen LogP contribution in [0.3, 0.4) is 0 Å². The summed E-state index contributed by atoms with van der Waals surface area (Å²) in [4.78, 5) is 34.9. The number of ketones is 2. The summed E-state index contributed by atoms with van der Waals surface area (Å²) in [6, 6.07) is 10.2. The van der Waals surface area contributed by atoms with Gasteiger partial charge < -0.3 is 10.1 Å². The standard InChI is InChI=1S/C16H16N2O4/c1-11(18)13(9-17)15(20)10-22-16(21)8-7-14(19)12-5-3-2-4-6-12/h2-6,13,18H,7-8,10H2,1H3. The third-order valence-electron chi connectivity index (χ3n) is 2.91. The van der Waals surface area contributed by atoms with Gasteiger partial charge in [-0.1, -0.05) is 30.3 Å². The molecular weight excluding hydrogens is 284 g/mol. The number of Topliss-reactive ketones (excluding diaryl/α,β-unsaturated/α-hetero) is 2. The Balaban J connectivity index is 2.38. The number of benzene rings is 1. The van der Waals surface area contributed by atoms with Crippen molar-refractivity contribution in [2.45, 2.75) is 19.8 Å². The molecule has 1 rings (SSSR count). The zero-order chi connectivity index (χ0) is 16.5. The number of nitriles is 1. The fraction of sp³-hybridized carbons (Fsp3) is 0.312. The molecule has 1 N–H and O–H groups in total. The Labute approximate surface area is 128 Å². The van der Waals surface area contributed by atoms with E-state index in [0.717, 1.165) is 0 Å². The molecule has 0 saturated carbocycles. The summed E-state index contributed by atoms with van der Waals surface area (Å²) >= 11 is 0. The maximum Gasteiger partial charge on any atom is 0.306 e. The molecule has 0 aliphatic rings. The summed E-state index contributed by atoms with van der Waals surface area (Å²) in [5, 5.41) is 16.0. The highest BCUT2D eigenvalue weighted by Gasteiger charge is 2.21. The zero-order valence-electron chi connectivity index (χ0n) is 12.2. The van der Waals surface area contributed by atoms with Gasteiger partial charge in [-0.25, -0.2) is 0 Å². The number of ether oxygens (including phenoxy) is 1. The Hall–Kier alpha value is -2.81. The number of carbonyl (C=O) groups is 3. The normalized spacial score (nSPS) is 11.1. The van der Waals surface area contributed by atoms with Gasteiger partial charge in [-0.2, -0.15) is 5.26 Å². The fourth-order valence-corrected chi connectivity index (χ4v) is 1.70. The van der Waals surface area contributed by atoms with E-state index in [1.165, 1.54) is 6.92 Å². The Kier molecular flexibility index (Phi) is 6.64. The van der Waals surface area contributed by atoms with Gasteiger partial charge in [0.25, 0.3) is 0 Å². The van der Waals surface area contributed by atoms with Gasteiger partial charge in [0.05, 0.1) is 12.5 Å². The van der Waals surface area contributed by atoms with Crippen molar-refractivity contribution in [3.8, 4) is 6.07 Å². The Bertz CT molecular complexity index is 617. The van der Waals surface area contributed by atoms with Crippen LogP contribution in [0.2, 0.25) is 0 Å². The smallest absolute Gasteiger partial charge is 0.306 e. The monoisotopic (exact) mass is 300 g/mol. The third-order valence-corrected chi connectivity index (χ3v) is 2.91. The van der Waals surface area contributed by atoms with Gasteiger partial charge in [0.2, 0.25) is 0 Å². The van der Waals surface area contributed by atoms with Crippen molar-refractivity contribution in [2.75, 3.05) is 6.61 Å². The molecule has 6 nitrogen and oxygen atoms in total. The van der Waals surface area contributed by atoms with Crippen LogP contribution in [0, 0.1) is 22.7 Å². The average Bonchev–Trinajstić information content (AvgIpc) is 2.51. The Morgan fingerprint density at radius 2 is 1.86 bits per heavy atom. The second kappa shape index (κ2) is 8.47. The van der Waals surface area contributed by atoms with Crippen molar-refractivity contribution in [1.82, 2.24) is 0 Å². The minimum atomic E-state index is -1.20. The van der Waals surface area contributed by atoms with E-state index in [1.807, 2.05) is 0 Å². The van der Waals surface area contributed by atoms with Crippen molar-refractivity contribution in [2.24, 2.45) is 5.92 Å². The van der Waals surface area contributed by atoms with Crippen LogP contribution in [-0.2, 0) is 14.3 Å². The highest BCUT2D eigenvalue weighted by atomic mass is 16.5. The molecule has 0 aliphatic heterocycles. The Morgan fingerprint density at radius 1 is 1.23 bits per heavy atom. The molecule has 0 bridgehead atoms. The number of carbonyl (C=O) groups excluding carboxylic acids is 3. The third kappa shape index (κ3) is 5.29. The zero-order valence-corrected chi connectivity index (χ0v) is 12.2. The molecule has 0 saturated heterocycles. The first kappa shape index (κ1) is 17.2. The molecule has 0 fully saturated rings. The summed E-state index contributed by atoms with van der Waals surface area (Å²) < 4.78 is 4.73. The number of hydrogen-bond acceptors (Lipinski definition) is 6. The highest BCUT2D eigenvalue weighted by molar-refractivity contribution is 6.06. The average molecular weight is 300 g/mol. The number of rotatable bonds is 8. The molecule has 1 aromatic carbocycles. The van der Waals surface area contributed by atoms with Crippen molar-refractivity contribution in [3.05, 3.63) is 35.9 Å². The lowest BCUT2D eigenvalue weighted by Gasteiger charge is -2.07. The lowest BCUT2D eigenvalue weighted by atomic mass is 10.0. The van der Waals surface area contributed by atoms with Crippen molar-refractivity contribution in [3.63, 3.8) is 0 Å². The molecule has 0 radical (unpaired) electrons. The lowest BCUT2D eigenvalue weighted by Crippen LogP contribution is -2.25. The molecule has 0 amide bonds. The van der Waals surface area contributed by atoms with E-state index in [0.29, 0.717) is 5.56 Å². The van der Waals surface area contributed by atoms with Gasteiger partial charge in [0.15, 0.2) is 18.2 Å². The minimum Gasteiger partial charge on any atom is -0.458 e. The van der Waals surface area contributed by atoms with E-state index in [4.69, 9.17) is 15.4 Å². The molecule has 22 heavy (non-hydrogen) atoms. The molecular formula is C16H16N2O4. The van der Waals surface area contributed by atoms with Crippen molar-refractivity contribution in [1.29, 1.82) is 10.7 Å².